The van der Waals surface area contributed by atoms with Crippen LogP contribution in [0.15, 0.2) is 88.3 Å². The van der Waals surface area contributed by atoms with Crippen molar-refractivity contribution in [2.45, 2.75) is 25.7 Å². The topological polar surface area (TPSA) is 49.4 Å². The lowest BCUT2D eigenvalue weighted by Gasteiger charge is -2.17. The fourth-order valence-corrected chi connectivity index (χ4v) is 4.43. The standard InChI is InChI=1S/C25H22N2O2S/c1-16-13-17(2)15-19(14-16)27-24(28)22(26-21-12-8-7-9-18(21)3)23(25(27)29)30-20-10-5-4-6-11-20/h4-15,26H,1-3H3. The largest absolute Gasteiger partial charge is 0.350 e. The van der Waals surface area contributed by atoms with Crippen LogP contribution in [0.3, 0.4) is 0 Å². The highest BCUT2D eigenvalue weighted by atomic mass is 32.2. The molecule has 1 heterocycles. The molecular formula is C25H22N2O2S. The van der Waals surface area contributed by atoms with Gasteiger partial charge in [-0.25, -0.2) is 4.90 Å². The van der Waals surface area contributed by atoms with E-state index in [0.717, 1.165) is 27.3 Å². The highest BCUT2D eigenvalue weighted by Gasteiger charge is 2.40. The number of nitrogens with zero attached hydrogens (tertiary/aromatic N) is 1. The van der Waals surface area contributed by atoms with Gasteiger partial charge in [-0.05, 0) is 67.8 Å². The summed E-state index contributed by atoms with van der Waals surface area (Å²) in [4.78, 5) is 29.4. The Morgan fingerprint density at radius 1 is 0.767 bits per heavy atom. The van der Waals surface area contributed by atoms with Crippen LogP contribution in [0.5, 0.6) is 0 Å². The summed E-state index contributed by atoms with van der Waals surface area (Å²) in [6.07, 6.45) is 0. The molecule has 5 heteroatoms. The molecule has 0 saturated carbocycles. The first-order chi connectivity index (χ1) is 14.4. The van der Waals surface area contributed by atoms with E-state index in [4.69, 9.17) is 0 Å². The smallest absolute Gasteiger partial charge is 0.283 e. The Morgan fingerprint density at radius 3 is 2.07 bits per heavy atom. The molecule has 0 bridgehead atoms. The van der Waals surface area contributed by atoms with Gasteiger partial charge in [0.1, 0.15) is 10.6 Å². The maximum absolute atomic E-state index is 13.4. The molecule has 0 atom stereocenters. The molecule has 0 fully saturated rings. The summed E-state index contributed by atoms with van der Waals surface area (Å²) in [5, 5.41) is 3.24. The molecular weight excluding hydrogens is 392 g/mol. The second-order valence-corrected chi connectivity index (χ2v) is 8.43. The number of hydrogen-bond acceptors (Lipinski definition) is 4. The monoisotopic (exact) mass is 414 g/mol. The van der Waals surface area contributed by atoms with Gasteiger partial charge in [-0.1, -0.05) is 54.2 Å². The Bertz CT molecular complexity index is 1150. The third-order valence-electron chi connectivity index (χ3n) is 4.87. The summed E-state index contributed by atoms with van der Waals surface area (Å²) in [5.41, 5.74) is 4.71. The minimum Gasteiger partial charge on any atom is -0.350 e. The number of imide groups is 1. The molecule has 0 spiro atoms. The fraction of sp³-hybridized carbons (Fsp3) is 0.120. The molecule has 3 aromatic carbocycles. The first-order valence-electron chi connectivity index (χ1n) is 9.71. The molecule has 0 radical (unpaired) electrons. The number of para-hydroxylation sites is 1. The third-order valence-corrected chi connectivity index (χ3v) is 5.96. The van der Waals surface area contributed by atoms with E-state index in [1.54, 1.807) is 0 Å². The zero-order valence-corrected chi connectivity index (χ0v) is 17.9. The number of aryl methyl sites for hydroxylation is 3. The number of thioether (sulfide) groups is 1. The molecule has 2 amide bonds. The van der Waals surface area contributed by atoms with E-state index in [1.807, 2.05) is 93.6 Å². The molecule has 0 unspecified atom stereocenters. The van der Waals surface area contributed by atoms with Crippen LogP contribution in [0.1, 0.15) is 16.7 Å². The maximum Gasteiger partial charge on any atom is 0.283 e. The number of rotatable bonds is 5. The first kappa shape index (κ1) is 20.0. The van der Waals surface area contributed by atoms with Crippen LogP contribution in [0.2, 0.25) is 0 Å². The predicted molar refractivity (Wildman–Crippen MR) is 123 cm³/mol. The number of anilines is 2. The van der Waals surface area contributed by atoms with Gasteiger partial charge in [0.25, 0.3) is 11.8 Å². The number of carbonyl (C=O) groups excluding carboxylic acids is 2. The summed E-state index contributed by atoms with van der Waals surface area (Å²) in [6.45, 7) is 5.89. The normalized spacial score (nSPS) is 13.9. The second-order valence-electron chi connectivity index (χ2n) is 7.35. The van der Waals surface area contributed by atoms with E-state index in [2.05, 4.69) is 5.32 Å². The van der Waals surface area contributed by atoms with Crippen molar-refractivity contribution in [3.8, 4) is 0 Å². The zero-order chi connectivity index (χ0) is 21.3. The Kier molecular flexibility index (Phi) is 5.46. The molecule has 150 valence electrons. The molecule has 3 aromatic rings. The van der Waals surface area contributed by atoms with Gasteiger partial charge in [-0.2, -0.15) is 0 Å². The molecule has 0 aliphatic carbocycles. The zero-order valence-electron chi connectivity index (χ0n) is 17.1. The van der Waals surface area contributed by atoms with Crippen molar-refractivity contribution in [3.05, 3.63) is 100 Å². The van der Waals surface area contributed by atoms with Crippen molar-refractivity contribution in [1.29, 1.82) is 0 Å². The Balaban J connectivity index is 1.78. The minimum atomic E-state index is -0.341. The van der Waals surface area contributed by atoms with Crippen LogP contribution in [0.4, 0.5) is 11.4 Å². The van der Waals surface area contributed by atoms with E-state index >= 15 is 0 Å². The van der Waals surface area contributed by atoms with E-state index in [0.29, 0.717) is 16.3 Å². The minimum absolute atomic E-state index is 0.308. The number of benzene rings is 3. The molecule has 1 aliphatic rings. The molecule has 1 N–H and O–H groups in total. The SMILES string of the molecule is Cc1cc(C)cc(N2C(=O)C(Nc3ccccc3C)=C(Sc3ccccc3)C2=O)c1. The lowest BCUT2D eigenvalue weighted by molar-refractivity contribution is -0.120. The van der Waals surface area contributed by atoms with Gasteiger partial charge >= 0.3 is 0 Å². The van der Waals surface area contributed by atoms with E-state index in [9.17, 15) is 9.59 Å². The van der Waals surface area contributed by atoms with Crippen molar-refractivity contribution >= 4 is 35.0 Å². The van der Waals surface area contributed by atoms with E-state index in [1.165, 1.54) is 16.7 Å². The van der Waals surface area contributed by atoms with Gasteiger partial charge in [-0.15, -0.1) is 0 Å². The predicted octanol–water partition coefficient (Wildman–Crippen LogP) is 5.60. The Morgan fingerprint density at radius 2 is 1.40 bits per heavy atom. The molecule has 4 rings (SSSR count). The van der Waals surface area contributed by atoms with Gasteiger partial charge < -0.3 is 5.32 Å². The third kappa shape index (κ3) is 3.89. The Labute approximate surface area is 180 Å². The van der Waals surface area contributed by atoms with Gasteiger partial charge in [-0.3, -0.25) is 9.59 Å². The van der Waals surface area contributed by atoms with Gasteiger partial charge in [0.2, 0.25) is 0 Å². The van der Waals surface area contributed by atoms with Crippen LogP contribution in [0.25, 0.3) is 0 Å². The van der Waals surface area contributed by atoms with Crippen LogP contribution in [-0.4, -0.2) is 11.8 Å². The quantitative estimate of drug-likeness (QED) is 0.552. The number of amides is 2. The average Bonchev–Trinajstić information content (AvgIpc) is 2.93. The summed E-state index contributed by atoms with van der Waals surface area (Å²) < 4.78 is 0. The Hall–Kier alpha value is -3.31. The van der Waals surface area contributed by atoms with Crippen molar-refractivity contribution in [2.24, 2.45) is 0 Å². The second kappa shape index (κ2) is 8.20. The first-order valence-corrected chi connectivity index (χ1v) is 10.5. The molecule has 4 nitrogen and oxygen atoms in total. The summed E-state index contributed by atoms with van der Waals surface area (Å²) >= 11 is 1.31. The van der Waals surface area contributed by atoms with Crippen molar-refractivity contribution < 1.29 is 9.59 Å². The van der Waals surface area contributed by atoms with Gasteiger partial charge in [0.05, 0.1) is 5.69 Å². The lowest BCUT2D eigenvalue weighted by atomic mass is 10.1. The van der Waals surface area contributed by atoms with Crippen LogP contribution >= 0.6 is 11.8 Å². The van der Waals surface area contributed by atoms with Crippen molar-refractivity contribution in [2.75, 3.05) is 10.2 Å². The number of carbonyl (C=O) groups is 2. The van der Waals surface area contributed by atoms with Crippen molar-refractivity contribution in [3.63, 3.8) is 0 Å². The lowest BCUT2D eigenvalue weighted by Crippen LogP contribution is -2.32. The van der Waals surface area contributed by atoms with E-state index in [-0.39, 0.29) is 11.8 Å². The summed E-state index contributed by atoms with van der Waals surface area (Å²) in [6, 6.07) is 23.1. The van der Waals surface area contributed by atoms with Crippen LogP contribution in [-0.2, 0) is 9.59 Å². The summed E-state index contributed by atoms with van der Waals surface area (Å²) in [5.74, 6) is -0.651. The molecule has 30 heavy (non-hydrogen) atoms. The molecule has 0 aromatic heterocycles. The highest BCUT2D eigenvalue weighted by Crippen LogP contribution is 2.38. The molecule has 1 aliphatic heterocycles. The number of hydrogen-bond donors (Lipinski definition) is 1. The fourth-order valence-electron chi connectivity index (χ4n) is 3.48. The van der Waals surface area contributed by atoms with Crippen LogP contribution < -0.4 is 10.2 Å². The maximum atomic E-state index is 13.4. The average molecular weight is 415 g/mol. The van der Waals surface area contributed by atoms with Crippen LogP contribution in [0, 0.1) is 20.8 Å². The van der Waals surface area contributed by atoms with Gasteiger partial charge in [0, 0.05) is 10.6 Å². The highest BCUT2D eigenvalue weighted by molar-refractivity contribution is 8.04. The summed E-state index contributed by atoms with van der Waals surface area (Å²) in [7, 11) is 0. The van der Waals surface area contributed by atoms with E-state index < -0.39 is 0 Å². The van der Waals surface area contributed by atoms with Gasteiger partial charge in [0.15, 0.2) is 0 Å². The van der Waals surface area contributed by atoms with Crippen molar-refractivity contribution in [1.82, 2.24) is 0 Å². The number of nitrogens with one attached hydrogen (secondary N) is 1. The molecule has 0 saturated heterocycles.